The van der Waals surface area contributed by atoms with Crippen LogP contribution in [0.15, 0.2) is 27.3 Å². The molecule has 0 spiro atoms. The highest BCUT2D eigenvalue weighted by atomic mass is 79.9. The second-order valence-electron chi connectivity index (χ2n) is 6.20. The molecule has 156 valence electrons. The van der Waals surface area contributed by atoms with Crippen LogP contribution in [0.1, 0.15) is 19.5 Å². The summed E-state index contributed by atoms with van der Waals surface area (Å²) < 4.78 is 25.5. The molecule has 4 N–H and O–H groups in total. The molecule has 1 atom stereocenters. The van der Waals surface area contributed by atoms with Gasteiger partial charge in [0, 0.05) is 32.4 Å². The minimum Gasteiger partial charge on any atom is -0.379 e. The fourth-order valence-corrected chi connectivity index (χ4v) is 2.99. The number of nitrogens with one attached hydrogen (secondary N) is 2. The highest BCUT2D eigenvalue weighted by Gasteiger charge is 2.14. The predicted octanol–water partition coefficient (Wildman–Crippen LogP) is 3.25. The van der Waals surface area contributed by atoms with Gasteiger partial charge in [0.25, 0.3) is 0 Å². The first-order valence-electron chi connectivity index (χ1n) is 8.71. The molecule has 2 aromatic rings. The third-order valence-corrected chi connectivity index (χ3v) is 4.80. The summed E-state index contributed by atoms with van der Waals surface area (Å²) in [5.74, 6) is 6.06. The van der Waals surface area contributed by atoms with E-state index in [9.17, 15) is 4.39 Å². The average Bonchev–Trinajstić information content (AvgIpc) is 3.11. The summed E-state index contributed by atoms with van der Waals surface area (Å²) in [7, 11) is 1.71. The molecule has 1 aromatic heterocycles. The normalized spacial score (nSPS) is 12.6. The van der Waals surface area contributed by atoms with Crippen molar-refractivity contribution in [2.24, 2.45) is 11.8 Å². The number of nitrogens with two attached hydrogens (primary N) is 1. The fourth-order valence-electron chi connectivity index (χ4n) is 2.24. The van der Waals surface area contributed by atoms with E-state index >= 15 is 0 Å². The molecule has 1 aromatic carbocycles. The molecular weight excluding hydrogens is 453 g/mol. The van der Waals surface area contributed by atoms with E-state index in [0.29, 0.717) is 35.6 Å². The number of aromatic nitrogens is 2. The standard InChI is InChI=1S/C16H25BrFN7O2S/c1-4-25(27-28-24(3)19)10-11(2)8-21-16-15(22-26-23-16)9-20-12-5-6-14(18)13(17)7-12/h5-7,11,20H,4,8-10,19H2,1-3H3,(H,21,23)/t11-/m0/s1. The van der Waals surface area contributed by atoms with E-state index in [1.54, 1.807) is 19.2 Å². The Morgan fingerprint density at radius 1 is 1.39 bits per heavy atom. The molecule has 12 heteroatoms. The van der Waals surface area contributed by atoms with E-state index in [0.717, 1.165) is 24.5 Å². The number of nitrogens with zero attached hydrogens (tertiary/aromatic N) is 4. The lowest BCUT2D eigenvalue weighted by molar-refractivity contribution is -0.0461. The summed E-state index contributed by atoms with van der Waals surface area (Å²) in [6.07, 6.45) is 0. The largest absolute Gasteiger partial charge is 0.379 e. The summed E-state index contributed by atoms with van der Waals surface area (Å²) in [5, 5.41) is 16.1. The van der Waals surface area contributed by atoms with Gasteiger partial charge in [-0.3, -0.25) is 5.84 Å². The van der Waals surface area contributed by atoms with Gasteiger partial charge < -0.3 is 10.6 Å². The Morgan fingerprint density at radius 2 is 2.18 bits per heavy atom. The molecule has 0 bridgehead atoms. The van der Waals surface area contributed by atoms with Crippen LogP contribution in [-0.2, 0) is 10.8 Å². The molecule has 0 aliphatic carbocycles. The van der Waals surface area contributed by atoms with Crippen LogP contribution >= 0.6 is 28.2 Å². The highest BCUT2D eigenvalue weighted by molar-refractivity contribution is 9.10. The maximum absolute atomic E-state index is 13.3. The first kappa shape index (κ1) is 22.8. The van der Waals surface area contributed by atoms with Crippen LogP contribution in [0, 0.1) is 11.7 Å². The molecule has 1 heterocycles. The Kier molecular flexibility index (Phi) is 9.41. The van der Waals surface area contributed by atoms with Crippen molar-refractivity contribution in [3.63, 3.8) is 0 Å². The van der Waals surface area contributed by atoms with Gasteiger partial charge in [-0.15, -0.1) is 0 Å². The van der Waals surface area contributed by atoms with Crippen molar-refractivity contribution in [2.75, 3.05) is 37.3 Å². The number of anilines is 2. The minimum atomic E-state index is -0.313. The lowest BCUT2D eigenvalue weighted by atomic mass is 10.2. The van der Waals surface area contributed by atoms with Crippen molar-refractivity contribution in [1.29, 1.82) is 0 Å². The van der Waals surface area contributed by atoms with Gasteiger partial charge in [0.15, 0.2) is 5.82 Å². The average molecular weight is 478 g/mol. The summed E-state index contributed by atoms with van der Waals surface area (Å²) >= 11 is 4.24. The summed E-state index contributed by atoms with van der Waals surface area (Å²) in [4.78, 5) is 0. The molecular formula is C16H25BrFN7O2S. The van der Waals surface area contributed by atoms with Gasteiger partial charge in [0.1, 0.15) is 23.7 Å². The van der Waals surface area contributed by atoms with Crippen LogP contribution in [-0.4, -0.2) is 46.5 Å². The quantitative estimate of drug-likeness (QED) is 0.182. The molecule has 0 amide bonds. The monoisotopic (exact) mass is 477 g/mol. The van der Waals surface area contributed by atoms with E-state index < -0.39 is 0 Å². The number of rotatable bonds is 12. The molecule has 9 nitrogen and oxygen atoms in total. The number of hydroxylamine groups is 2. The van der Waals surface area contributed by atoms with E-state index in [2.05, 4.69) is 43.8 Å². The van der Waals surface area contributed by atoms with E-state index in [4.69, 9.17) is 14.8 Å². The molecule has 0 aliphatic heterocycles. The van der Waals surface area contributed by atoms with E-state index in [1.165, 1.54) is 10.5 Å². The molecule has 0 fully saturated rings. The fraction of sp³-hybridized carbons (Fsp3) is 0.500. The van der Waals surface area contributed by atoms with Gasteiger partial charge in [0.2, 0.25) is 0 Å². The van der Waals surface area contributed by atoms with Crippen molar-refractivity contribution in [1.82, 2.24) is 19.8 Å². The van der Waals surface area contributed by atoms with Gasteiger partial charge in [-0.2, -0.15) is 9.48 Å². The number of benzene rings is 1. The number of hydrogen-bond donors (Lipinski definition) is 3. The lowest BCUT2D eigenvalue weighted by Gasteiger charge is -2.23. The van der Waals surface area contributed by atoms with Crippen LogP contribution < -0.4 is 16.5 Å². The maximum Gasteiger partial charge on any atom is 0.195 e. The van der Waals surface area contributed by atoms with Crippen LogP contribution in [0.2, 0.25) is 0 Å². The number of halogens is 2. The van der Waals surface area contributed by atoms with Crippen molar-refractivity contribution >= 4 is 39.7 Å². The highest BCUT2D eigenvalue weighted by Crippen LogP contribution is 2.21. The molecule has 0 radical (unpaired) electrons. The van der Waals surface area contributed by atoms with Gasteiger partial charge in [-0.25, -0.2) is 13.3 Å². The number of hydrogen-bond acceptors (Lipinski definition) is 10. The Labute approximate surface area is 176 Å². The molecule has 2 rings (SSSR count). The van der Waals surface area contributed by atoms with E-state index in [1.807, 2.05) is 12.0 Å². The van der Waals surface area contributed by atoms with Crippen LogP contribution in [0.5, 0.6) is 0 Å². The first-order chi connectivity index (χ1) is 13.4. The minimum absolute atomic E-state index is 0.272. The Balaban J connectivity index is 1.81. The topological polar surface area (TPSA) is 105 Å². The zero-order chi connectivity index (χ0) is 20.5. The van der Waals surface area contributed by atoms with Crippen molar-refractivity contribution in [3.8, 4) is 0 Å². The van der Waals surface area contributed by atoms with E-state index in [-0.39, 0.29) is 11.7 Å². The summed E-state index contributed by atoms with van der Waals surface area (Å²) in [5.41, 5.74) is 1.39. The number of hydrazine groups is 1. The first-order valence-corrected chi connectivity index (χ1v) is 10.2. The smallest absolute Gasteiger partial charge is 0.195 e. The van der Waals surface area contributed by atoms with Gasteiger partial charge >= 0.3 is 0 Å². The van der Waals surface area contributed by atoms with Crippen molar-refractivity contribution in [3.05, 3.63) is 34.2 Å². The molecule has 0 aliphatic rings. The molecule has 28 heavy (non-hydrogen) atoms. The third kappa shape index (κ3) is 7.53. The SMILES string of the molecule is CCN(C[C@@H](C)CNc1nonc1CNc1ccc(F)c(Br)c1)OSN(C)N. The zero-order valence-electron chi connectivity index (χ0n) is 16.0. The van der Waals surface area contributed by atoms with Gasteiger partial charge in [0.05, 0.1) is 11.0 Å². The molecule has 0 saturated heterocycles. The second-order valence-corrected chi connectivity index (χ2v) is 7.93. The Bertz CT molecular complexity index is 737. The van der Waals surface area contributed by atoms with Crippen LogP contribution in [0.3, 0.4) is 0 Å². The summed E-state index contributed by atoms with van der Waals surface area (Å²) in [6, 6.07) is 4.70. The third-order valence-electron chi connectivity index (χ3n) is 3.68. The van der Waals surface area contributed by atoms with Crippen LogP contribution in [0.25, 0.3) is 0 Å². The summed E-state index contributed by atoms with van der Waals surface area (Å²) in [6.45, 7) is 6.61. The molecule has 0 unspecified atom stereocenters. The maximum atomic E-state index is 13.3. The van der Waals surface area contributed by atoms with Crippen molar-refractivity contribution in [2.45, 2.75) is 20.4 Å². The predicted molar refractivity (Wildman–Crippen MR) is 111 cm³/mol. The van der Waals surface area contributed by atoms with Gasteiger partial charge in [-0.05, 0) is 45.2 Å². The molecule has 0 saturated carbocycles. The Morgan fingerprint density at radius 3 is 2.86 bits per heavy atom. The van der Waals surface area contributed by atoms with Crippen molar-refractivity contribution < 1.29 is 13.3 Å². The Hall–Kier alpha value is -1.44. The van der Waals surface area contributed by atoms with Crippen LogP contribution in [0.4, 0.5) is 15.9 Å². The van der Waals surface area contributed by atoms with Gasteiger partial charge in [-0.1, -0.05) is 19.0 Å². The second kappa shape index (κ2) is 11.5. The lowest BCUT2D eigenvalue weighted by Crippen LogP contribution is -2.31. The zero-order valence-corrected chi connectivity index (χ0v) is 18.4.